The van der Waals surface area contributed by atoms with Gasteiger partial charge in [0.2, 0.25) is 0 Å². The van der Waals surface area contributed by atoms with Gasteiger partial charge < -0.3 is 10.1 Å². The minimum atomic E-state index is 0.402. The van der Waals surface area contributed by atoms with Crippen molar-refractivity contribution in [2.75, 3.05) is 5.32 Å². The Hall–Kier alpha value is -1.18. The molecule has 3 rings (SSSR count). The van der Waals surface area contributed by atoms with Crippen LogP contribution in [0.15, 0.2) is 24.3 Å². The average molecular weight is 189 g/mol. The van der Waals surface area contributed by atoms with Crippen LogP contribution in [0.3, 0.4) is 0 Å². The van der Waals surface area contributed by atoms with Gasteiger partial charge in [-0.1, -0.05) is 18.6 Å². The number of hydrogen-bond donors (Lipinski definition) is 1. The molecular weight excluding hydrogens is 174 g/mol. The van der Waals surface area contributed by atoms with Crippen molar-refractivity contribution < 1.29 is 4.74 Å². The van der Waals surface area contributed by atoms with Crippen LogP contribution in [0.5, 0.6) is 5.75 Å². The van der Waals surface area contributed by atoms with Crippen LogP contribution in [0.25, 0.3) is 0 Å². The van der Waals surface area contributed by atoms with Gasteiger partial charge in [0.05, 0.1) is 11.7 Å². The number of fused-ring (bicyclic) bond motifs is 2. The summed E-state index contributed by atoms with van der Waals surface area (Å²) in [5.74, 6) is 1.02. The molecule has 0 bridgehead atoms. The summed E-state index contributed by atoms with van der Waals surface area (Å²) in [5, 5.41) is 3.57. The number of anilines is 1. The second-order valence-electron chi connectivity index (χ2n) is 4.19. The van der Waals surface area contributed by atoms with Crippen molar-refractivity contribution in [2.24, 2.45) is 0 Å². The Morgan fingerprint density at radius 3 is 3.00 bits per heavy atom. The van der Waals surface area contributed by atoms with E-state index in [1.54, 1.807) is 0 Å². The predicted molar refractivity (Wildman–Crippen MR) is 56.7 cm³/mol. The lowest BCUT2D eigenvalue weighted by Gasteiger charge is -2.38. The van der Waals surface area contributed by atoms with Crippen LogP contribution >= 0.6 is 0 Å². The van der Waals surface area contributed by atoms with Crippen molar-refractivity contribution in [3.05, 3.63) is 24.3 Å². The molecule has 74 valence electrons. The number of hydrogen-bond acceptors (Lipinski definition) is 2. The number of benzene rings is 1. The first-order valence-corrected chi connectivity index (χ1v) is 5.46. The third-order valence-electron chi connectivity index (χ3n) is 3.21. The second kappa shape index (κ2) is 3.19. The quantitative estimate of drug-likeness (QED) is 0.677. The van der Waals surface area contributed by atoms with E-state index >= 15 is 0 Å². The van der Waals surface area contributed by atoms with Crippen LogP contribution in [0.1, 0.15) is 25.7 Å². The summed E-state index contributed by atoms with van der Waals surface area (Å²) < 4.78 is 5.97. The van der Waals surface area contributed by atoms with Crippen molar-refractivity contribution in [1.82, 2.24) is 0 Å². The Morgan fingerprint density at radius 1 is 1.14 bits per heavy atom. The molecule has 1 aliphatic heterocycles. The molecule has 0 saturated heterocycles. The van der Waals surface area contributed by atoms with E-state index in [-0.39, 0.29) is 0 Å². The molecule has 1 heterocycles. The van der Waals surface area contributed by atoms with Crippen LogP contribution < -0.4 is 10.1 Å². The lowest BCUT2D eigenvalue weighted by Crippen LogP contribution is -2.43. The monoisotopic (exact) mass is 189 g/mol. The normalized spacial score (nSPS) is 29.4. The van der Waals surface area contributed by atoms with Gasteiger partial charge in [0.25, 0.3) is 0 Å². The molecule has 1 aliphatic carbocycles. The third-order valence-corrected chi connectivity index (χ3v) is 3.21. The van der Waals surface area contributed by atoms with Crippen molar-refractivity contribution >= 4 is 5.69 Å². The van der Waals surface area contributed by atoms with Crippen LogP contribution in [0.4, 0.5) is 5.69 Å². The van der Waals surface area contributed by atoms with Crippen LogP contribution in [0, 0.1) is 0 Å². The summed E-state index contributed by atoms with van der Waals surface area (Å²) in [6, 6.07) is 8.77. The minimum Gasteiger partial charge on any atom is -0.486 e. The molecule has 2 aliphatic rings. The zero-order chi connectivity index (χ0) is 9.38. The van der Waals surface area contributed by atoms with Crippen LogP contribution in [-0.2, 0) is 0 Å². The number of nitrogens with one attached hydrogen (secondary N) is 1. The van der Waals surface area contributed by atoms with Gasteiger partial charge in [-0.25, -0.2) is 0 Å². The van der Waals surface area contributed by atoms with Gasteiger partial charge in [-0.15, -0.1) is 0 Å². The highest BCUT2D eigenvalue weighted by molar-refractivity contribution is 5.58. The molecule has 1 aromatic rings. The smallest absolute Gasteiger partial charge is 0.142 e. The van der Waals surface area contributed by atoms with Crippen molar-refractivity contribution in [3.8, 4) is 5.75 Å². The van der Waals surface area contributed by atoms with E-state index in [1.807, 2.05) is 12.1 Å². The van der Waals surface area contributed by atoms with E-state index in [0.29, 0.717) is 12.1 Å². The van der Waals surface area contributed by atoms with Crippen LogP contribution in [0.2, 0.25) is 0 Å². The Bertz CT molecular complexity index is 304. The number of para-hydroxylation sites is 2. The molecule has 0 aromatic heterocycles. The van der Waals surface area contributed by atoms with E-state index in [1.165, 1.54) is 25.7 Å². The molecule has 0 unspecified atom stereocenters. The van der Waals surface area contributed by atoms with Gasteiger partial charge in [0.1, 0.15) is 11.9 Å². The van der Waals surface area contributed by atoms with Crippen LogP contribution in [-0.4, -0.2) is 12.1 Å². The molecule has 2 heteroatoms. The van der Waals surface area contributed by atoms with Gasteiger partial charge in [0, 0.05) is 0 Å². The Balaban J connectivity index is 1.91. The molecule has 0 amide bonds. The average Bonchev–Trinajstić information content (AvgIpc) is 2.26. The second-order valence-corrected chi connectivity index (χ2v) is 4.19. The molecule has 1 saturated carbocycles. The summed E-state index contributed by atoms with van der Waals surface area (Å²) in [6.45, 7) is 0. The molecule has 14 heavy (non-hydrogen) atoms. The first-order chi connectivity index (χ1) is 6.93. The first-order valence-electron chi connectivity index (χ1n) is 5.46. The molecule has 1 N–H and O–H groups in total. The van der Waals surface area contributed by atoms with E-state index in [2.05, 4.69) is 17.4 Å². The summed E-state index contributed by atoms with van der Waals surface area (Å²) in [7, 11) is 0. The first kappa shape index (κ1) is 8.16. The molecule has 2 nitrogen and oxygen atoms in total. The van der Waals surface area contributed by atoms with E-state index < -0.39 is 0 Å². The predicted octanol–water partition coefficient (Wildman–Crippen LogP) is 2.80. The highest BCUT2D eigenvalue weighted by atomic mass is 16.5. The summed E-state index contributed by atoms with van der Waals surface area (Å²) >= 11 is 0. The molecule has 1 fully saturated rings. The Labute approximate surface area is 84.3 Å². The summed E-state index contributed by atoms with van der Waals surface area (Å²) in [5.41, 5.74) is 1.16. The maximum absolute atomic E-state index is 5.97. The van der Waals surface area contributed by atoms with Gasteiger partial charge in [-0.3, -0.25) is 0 Å². The van der Waals surface area contributed by atoms with Gasteiger partial charge >= 0.3 is 0 Å². The maximum Gasteiger partial charge on any atom is 0.142 e. The molecule has 0 spiro atoms. The maximum atomic E-state index is 5.97. The lowest BCUT2D eigenvalue weighted by molar-refractivity contribution is 0.131. The minimum absolute atomic E-state index is 0.402. The molecular formula is C12H15NO. The topological polar surface area (TPSA) is 21.3 Å². The zero-order valence-corrected chi connectivity index (χ0v) is 8.20. The standard InChI is InChI=1S/C12H15NO/c1-3-7-11-9(5-1)13-10-6-2-4-8-12(10)14-11/h1,3,5,7,10,12-13H,2,4,6,8H2/t10-,12+/m1/s1. The van der Waals surface area contributed by atoms with E-state index in [0.717, 1.165) is 11.4 Å². The van der Waals surface area contributed by atoms with Gasteiger partial charge in [0.15, 0.2) is 0 Å². The molecule has 1 aromatic carbocycles. The lowest BCUT2D eigenvalue weighted by atomic mass is 9.91. The third kappa shape index (κ3) is 1.26. The van der Waals surface area contributed by atoms with Gasteiger partial charge in [-0.05, 0) is 31.4 Å². The van der Waals surface area contributed by atoms with Crippen molar-refractivity contribution in [1.29, 1.82) is 0 Å². The largest absolute Gasteiger partial charge is 0.486 e. The Morgan fingerprint density at radius 2 is 2.00 bits per heavy atom. The number of ether oxygens (including phenoxy) is 1. The van der Waals surface area contributed by atoms with E-state index in [9.17, 15) is 0 Å². The fourth-order valence-electron chi connectivity index (χ4n) is 2.45. The van der Waals surface area contributed by atoms with E-state index in [4.69, 9.17) is 4.74 Å². The molecule has 2 atom stereocenters. The Kier molecular flexibility index (Phi) is 1.86. The zero-order valence-electron chi connectivity index (χ0n) is 8.20. The van der Waals surface area contributed by atoms with Gasteiger partial charge in [-0.2, -0.15) is 0 Å². The summed E-state index contributed by atoms with van der Waals surface area (Å²) in [6.07, 6.45) is 5.49. The molecule has 0 radical (unpaired) electrons. The fourth-order valence-corrected chi connectivity index (χ4v) is 2.45. The van der Waals surface area contributed by atoms with Crippen molar-refractivity contribution in [3.63, 3.8) is 0 Å². The highest BCUT2D eigenvalue weighted by Gasteiger charge is 2.31. The highest BCUT2D eigenvalue weighted by Crippen LogP contribution is 2.35. The number of rotatable bonds is 0. The fraction of sp³-hybridized carbons (Fsp3) is 0.500. The summed E-state index contributed by atoms with van der Waals surface area (Å²) in [4.78, 5) is 0. The SMILES string of the molecule is c1ccc2c(c1)N[C@@H]1CCCC[C@@H]1O2. The van der Waals surface area contributed by atoms with Crippen molar-refractivity contribution in [2.45, 2.75) is 37.8 Å².